The number of hydrogen-bond acceptors (Lipinski definition) is 6. The molecule has 0 spiro atoms. The maximum absolute atomic E-state index is 13.7. The lowest BCUT2D eigenvalue weighted by atomic mass is 10.1. The van der Waals surface area contributed by atoms with Crippen molar-refractivity contribution in [1.82, 2.24) is 19.7 Å². The first-order valence-electron chi connectivity index (χ1n) is 8.91. The van der Waals surface area contributed by atoms with E-state index in [2.05, 4.69) is 24.4 Å². The molecule has 1 aliphatic rings. The van der Waals surface area contributed by atoms with Crippen molar-refractivity contribution in [3.8, 4) is 5.88 Å². The first-order chi connectivity index (χ1) is 14.2. The summed E-state index contributed by atoms with van der Waals surface area (Å²) in [6.45, 7) is 0. The molecule has 1 aliphatic carbocycles. The number of nitrogens with one attached hydrogen (secondary N) is 2. The fraction of sp³-hybridized carbons (Fsp3) is 0.278. The van der Waals surface area contributed by atoms with Crippen LogP contribution < -0.4 is 14.2 Å². The SMILES string of the molecule is O=S(=O)(Nc1nc2ccccc2nc1OC(c1cccnc1)C(F)(F)F)NC1CC1. The number of rotatable bonds is 7. The lowest BCUT2D eigenvalue weighted by molar-refractivity contribution is -0.198. The summed E-state index contributed by atoms with van der Waals surface area (Å²) in [5, 5.41) is 0. The molecule has 2 aromatic heterocycles. The minimum atomic E-state index is -4.81. The number of nitrogens with zero attached hydrogens (tertiary/aromatic N) is 3. The second-order valence-corrected chi connectivity index (χ2v) is 8.14. The van der Waals surface area contributed by atoms with Gasteiger partial charge in [-0.05, 0) is 31.0 Å². The fourth-order valence-electron chi connectivity index (χ4n) is 2.68. The van der Waals surface area contributed by atoms with Crippen LogP contribution in [-0.4, -0.2) is 35.6 Å². The Morgan fingerprint density at radius 3 is 2.37 bits per heavy atom. The lowest BCUT2D eigenvalue weighted by Crippen LogP contribution is -2.33. The van der Waals surface area contributed by atoms with Gasteiger partial charge >= 0.3 is 16.4 Å². The van der Waals surface area contributed by atoms with Crippen LogP contribution in [0.15, 0.2) is 48.8 Å². The highest BCUT2D eigenvalue weighted by Gasteiger charge is 2.44. The van der Waals surface area contributed by atoms with E-state index < -0.39 is 34.2 Å². The molecule has 0 aliphatic heterocycles. The number of alkyl halides is 3. The van der Waals surface area contributed by atoms with Crippen LogP contribution in [0, 0.1) is 0 Å². The number of aromatic nitrogens is 3. The molecule has 1 fully saturated rings. The number of halogens is 3. The number of benzene rings is 1. The molecular weight excluding hydrogens is 423 g/mol. The summed E-state index contributed by atoms with van der Waals surface area (Å²) in [5.41, 5.74) is 0.279. The Balaban J connectivity index is 1.75. The van der Waals surface area contributed by atoms with Crippen molar-refractivity contribution in [2.75, 3.05) is 4.72 Å². The van der Waals surface area contributed by atoms with Gasteiger partial charge in [0, 0.05) is 24.0 Å². The lowest BCUT2D eigenvalue weighted by Gasteiger charge is -2.22. The number of para-hydroxylation sites is 2. The van der Waals surface area contributed by atoms with Gasteiger partial charge in [0.25, 0.3) is 5.88 Å². The summed E-state index contributed by atoms with van der Waals surface area (Å²) < 4.78 is 75.4. The molecule has 3 aromatic rings. The van der Waals surface area contributed by atoms with Gasteiger partial charge < -0.3 is 4.74 Å². The topological polar surface area (TPSA) is 106 Å². The predicted octanol–water partition coefficient (Wildman–Crippen LogP) is 3.12. The van der Waals surface area contributed by atoms with Gasteiger partial charge in [-0.15, -0.1) is 0 Å². The molecule has 0 saturated heterocycles. The third-order valence-corrected chi connectivity index (χ3v) is 5.29. The van der Waals surface area contributed by atoms with Crippen LogP contribution in [0.1, 0.15) is 24.5 Å². The van der Waals surface area contributed by atoms with Crippen LogP contribution in [0.4, 0.5) is 19.0 Å². The molecule has 1 atom stereocenters. The molecule has 0 radical (unpaired) electrons. The average Bonchev–Trinajstić information content (AvgIpc) is 3.49. The van der Waals surface area contributed by atoms with Gasteiger partial charge in [0.1, 0.15) is 0 Å². The zero-order chi connectivity index (χ0) is 21.4. The zero-order valence-electron chi connectivity index (χ0n) is 15.3. The van der Waals surface area contributed by atoms with E-state index in [4.69, 9.17) is 4.74 Å². The van der Waals surface area contributed by atoms with Crippen LogP contribution in [0.2, 0.25) is 0 Å². The maximum atomic E-state index is 13.7. The molecule has 158 valence electrons. The van der Waals surface area contributed by atoms with Crippen molar-refractivity contribution in [2.24, 2.45) is 0 Å². The number of anilines is 1. The van der Waals surface area contributed by atoms with Crippen molar-refractivity contribution < 1.29 is 26.3 Å². The Bertz CT molecular complexity index is 1150. The Labute approximate surface area is 169 Å². The molecule has 1 unspecified atom stereocenters. The highest BCUT2D eigenvalue weighted by Crippen LogP contribution is 2.38. The van der Waals surface area contributed by atoms with Gasteiger partial charge in [0.2, 0.25) is 11.9 Å². The Kier molecular flexibility index (Phi) is 5.20. The predicted molar refractivity (Wildman–Crippen MR) is 102 cm³/mol. The minimum absolute atomic E-state index is 0.210. The molecule has 1 aromatic carbocycles. The molecule has 30 heavy (non-hydrogen) atoms. The number of ether oxygens (including phenoxy) is 1. The second kappa shape index (κ2) is 7.69. The van der Waals surface area contributed by atoms with E-state index in [0.717, 1.165) is 6.20 Å². The van der Waals surface area contributed by atoms with Crippen LogP contribution in [-0.2, 0) is 10.2 Å². The van der Waals surface area contributed by atoms with E-state index in [9.17, 15) is 21.6 Å². The monoisotopic (exact) mass is 439 g/mol. The molecule has 12 heteroatoms. The quantitative estimate of drug-likeness (QED) is 0.586. The summed E-state index contributed by atoms with van der Waals surface area (Å²) in [7, 11) is -4.07. The molecule has 0 amide bonds. The molecule has 8 nitrogen and oxygen atoms in total. The normalized spacial score (nSPS) is 15.7. The molecule has 0 bridgehead atoms. The van der Waals surface area contributed by atoms with Crippen molar-refractivity contribution in [2.45, 2.75) is 31.2 Å². The summed E-state index contributed by atoms with van der Waals surface area (Å²) in [6, 6.07) is 8.70. The molecule has 2 heterocycles. The van der Waals surface area contributed by atoms with E-state index in [1.165, 1.54) is 24.4 Å². The molecule has 4 rings (SSSR count). The van der Waals surface area contributed by atoms with Gasteiger partial charge in [0.15, 0.2) is 0 Å². The van der Waals surface area contributed by atoms with Crippen LogP contribution in [0.3, 0.4) is 0 Å². The van der Waals surface area contributed by atoms with E-state index in [-0.39, 0.29) is 17.1 Å². The Morgan fingerprint density at radius 2 is 1.77 bits per heavy atom. The van der Waals surface area contributed by atoms with Crippen LogP contribution >= 0.6 is 0 Å². The fourth-order valence-corrected chi connectivity index (χ4v) is 3.80. The summed E-state index contributed by atoms with van der Waals surface area (Å²) in [6.07, 6.45) is -3.50. The largest absolute Gasteiger partial charge is 0.457 e. The Morgan fingerprint density at radius 1 is 1.07 bits per heavy atom. The minimum Gasteiger partial charge on any atom is -0.457 e. The standard InChI is InChI=1S/C18H16F3N5O3S/c19-18(20,21)15(11-4-3-9-22-10-11)29-17-16(26-30(27,28)25-12-7-8-12)23-13-5-1-2-6-14(13)24-17/h1-6,9-10,12,15,25H,7-8H2,(H,23,26). The van der Waals surface area contributed by atoms with Gasteiger partial charge in [-0.25, -0.2) is 9.97 Å². The van der Waals surface area contributed by atoms with Crippen LogP contribution in [0.5, 0.6) is 5.88 Å². The average molecular weight is 439 g/mol. The summed E-state index contributed by atoms with van der Waals surface area (Å²) >= 11 is 0. The zero-order valence-corrected chi connectivity index (χ0v) is 16.1. The van der Waals surface area contributed by atoms with E-state index in [1.54, 1.807) is 18.2 Å². The second-order valence-electron chi connectivity index (χ2n) is 6.69. The van der Waals surface area contributed by atoms with Crippen molar-refractivity contribution in [3.05, 3.63) is 54.4 Å². The van der Waals surface area contributed by atoms with E-state index in [0.29, 0.717) is 18.4 Å². The highest BCUT2D eigenvalue weighted by molar-refractivity contribution is 7.90. The highest BCUT2D eigenvalue weighted by atomic mass is 32.2. The van der Waals surface area contributed by atoms with E-state index in [1.807, 2.05) is 0 Å². The van der Waals surface area contributed by atoms with Crippen molar-refractivity contribution in [1.29, 1.82) is 0 Å². The Hall–Kier alpha value is -2.99. The maximum Gasteiger partial charge on any atom is 0.429 e. The number of pyridine rings is 1. The van der Waals surface area contributed by atoms with E-state index >= 15 is 0 Å². The van der Waals surface area contributed by atoms with Gasteiger partial charge in [-0.3, -0.25) is 9.71 Å². The third-order valence-electron chi connectivity index (χ3n) is 4.18. The first kappa shape index (κ1) is 20.3. The number of hydrogen-bond donors (Lipinski definition) is 2. The number of fused-ring (bicyclic) bond motifs is 1. The smallest absolute Gasteiger partial charge is 0.429 e. The first-order valence-corrected chi connectivity index (χ1v) is 10.4. The van der Waals surface area contributed by atoms with Crippen molar-refractivity contribution in [3.63, 3.8) is 0 Å². The summed E-state index contributed by atoms with van der Waals surface area (Å²) in [5.74, 6) is -1.04. The third kappa shape index (κ3) is 4.76. The molecular formula is C18H16F3N5O3S. The van der Waals surface area contributed by atoms with Gasteiger partial charge in [-0.1, -0.05) is 18.2 Å². The van der Waals surface area contributed by atoms with Gasteiger partial charge in [-0.2, -0.15) is 26.3 Å². The van der Waals surface area contributed by atoms with Gasteiger partial charge in [0.05, 0.1) is 11.0 Å². The summed E-state index contributed by atoms with van der Waals surface area (Å²) in [4.78, 5) is 11.9. The molecule has 2 N–H and O–H groups in total. The van der Waals surface area contributed by atoms with Crippen LogP contribution in [0.25, 0.3) is 11.0 Å². The van der Waals surface area contributed by atoms with Crippen molar-refractivity contribution >= 4 is 27.1 Å². The molecule has 1 saturated carbocycles.